The van der Waals surface area contributed by atoms with E-state index >= 15 is 0 Å². The molecule has 1 aliphatic carbocycles. The highest BCUT2D eigenvalue weighted by atomic mass is 16.7. The molecule has 1 N–H and O–H groups in total. The molecule has 3 aliphatic rings. The topological polar surface area (TPSA) is 59.0 Å². The molecule has 0 unspecified atom stereocenters. The molecule has 0 bridgehead atoms. The van der Waals surface area contributed by atoms with Gasteiger partial charge in [-0.15, -0.1) is 0 Å². The Morgan fingerprint density at radius 3 is 2.50 bits per heavy atom. The van der Waals surface area contributed by atoms with E-state index in [1.807, 2.05) is 17.9 Å². The van der Waals surface area contributed by atoms with E-state index in [-0.39, 0.29) is 17.8 Å². The number of rotatable bonds is 1. The number of carbonyl (C=O) groups excluding carboxylic acids is 1. The number of amides is 1. The highest BCUT2D eigenvalue weighted by molar-refractivity contribution is 5.97. The maximum Gasteiger partial charge on any atom is 0.257 e. The summed E-state index contributed by atoms with van der Waals surface area (Å²) in [7, 11) is 0. The van der Waals surface area contributed by atoms with E-state index in [2.05, 4.69) is 0 Å². The maximum absolute atomic E-state index is 12.9. The third-order valence-electron chi connectivity index (χ3n) is 5.50. The molecule has 2 fully saturated rings. The highest BCUT2D eigenvalue weighted by Crippen LogP contribution is 2.35. The van der Waals surface area contributed by atoms with E-state index in [1.54, 1.807) is 6.07 Å². The maximum atomic E-state index is 12.9. The van der Waals surface area contributed by atoms with Gasteiger partial charge in [0.1, 0.15) is 5.75 Å². The monoisotopic (exact) mass is 331 g/mol. The molecule has 24 heavy (non-hydrogen) atoms. The third-order valence-corrected chi connectivity index (χ3v) is 5.50. The minimum absolute atomic E-state index is 0.0817. The summed E-state index contributed by atoms with van der Waals surface area (Å²) in [6.07, 6.45) is 5.81. The molecule has 2 aliphatic heterocycles. The zero-order valence-corrected chi connectivity index (χ0v) is 14.2. The fourth-order valence-electron chi connectivity index (χ4n) is 4.13. The van der Waals surface area contributed by atoms with Crippen molar-refractivity contribution in [3.8, 4) is 5.75 Å². The molecule has 0 aromatic heterocycles. The number of phenolic OH excluding ortho intramolecular Hbond substituents is 1. The molecular formula is C19H25NO4. The second-order valence-electron chi connectivity index (χ2n) is 7.29. The van der Waals surface area contributed by atoms with E-state index in [0.717, 1.165) is 25.7 Å². The second-order valence-corrected chi connectivity index (χ2v) is 7.29. The number of nitrogens with zero attached hydrogens (tertiary/aromatic N) is 1. The lowest BCUT2D eigenvalue weighted by atomic mass is 9.89. The van der Waals surface area contributed by atoms with Crippen LogP contribution in [0.5, 0.6) is 5.75 Å². The van der Waals surface area contributed by atoms with Crippen LogP contribution in [-0.4, -0.2) is 47.5 Å². The van der Waals surface area contributed by atoms with Crippen molar-refractivity contribution in [2.24, 2.45) is 0 Å². The first-order valence-electron chi connectivity index (χ1n) is 9.02. The van der Waals surface area contributed by atoms with Crippen molar-refractivity contribution in [2.45, 2.75) is 57.3 Å². The van der Waals surface area contributed by atoms with Crippen LogP contribution < -0.4 is 0 Å². The highest BCUT2D eigenvalue weighted by Gasteiger charge is 2.43. The average molecular weight is 331 g/mol. The van der Waals surface area contributed by atoms with Gasteiger partial charge in [-0.05, 0) is 55.9 Å². The zero-order chi connectivity index (χ0) is 16.7. The van der Waals surface area contributed by atoms with Crippen molar-refractivity contribution in [3.63, 3.8) is 0 Å². The summed E-state index contributed by atoms with van der Waals surface area (Å²) in [5.41, 5.74) is 2.84. The largest absolute Gasteiger partial charge is 0.507 e. The number of hydrogen-bond acceptors (Lipinski definition) is 4. The number of phenols is 1. The Bertz CT molecular complexity index is 649. The molecule has 0 saturated carbocycles. The SMILES string of the molecule is C[C@H]1COC2(CCN(C(=O)c3cc4c(cc3O)CCCC4)CC2)O1. The number of carbonyl (C=O) groups is 1. The van der Waals surface area contributed by atoms with Gasteiger partial charge in [-0.2, -0.15) is 0 Å². The molecule has 1 spiro atoms. The predicted molar refractivity (Wildman–Crippen MR) is 89.1 cm³/mol. The number of piperidine rings is 1. The summed E-state index contributed by atoms with van der Waals surface area (Å²) >= 11 is 0. The minimum Gasteiger partial charge on any atom is -0.507 e. The van der Waals surface area contributed by atoms with E-state index in [4.69, 9.17) is 9.47 Å². The molecule has 1 amide bonds. The van der Waals surface area contributed by atoms with Crippen molar-refractivity contribution in [2.75, 3.05) is 19.7 Å². The van der Waals surface area contributed by atoms with Crippen molar-refractivity contribution in [1.29, 1.82) is 0 Å². The standard InChI is InChI=1S/C19H25NO4/c1-13-12-23-19(24-13)6-8-20(9-7-19)18(22)16-10-14-4-2-3-5-15(14)11-17(16)21/h10-11,13,21H,2-9,12H2,1H3/t13-/m0/s1. The lowest BCUT2D eigenvalue weighted by molar-refractivity contribution is -0.189. The molecule has 1 aromatic carbocycles. The van der Waals surface area contributed by atoms with E-state index < -0.39 is 5.79 Å². The Morgan fingerprint density at radius 1 is 1.21 bits per heavy atom. The number of ether oxygens (including phenoxy) is 2. The Morgan fingerprint density at radius 2 is 1.88 bits per heavy atom. The van der Waals surface area contributed by atoms with Gasteiger partial charge in [-0.25, -0.2) is 0 Å². The molecule has 0 radical (unpaired) electrons. The number of likely N-dealkylation sites (tertiary alicyclic amines) is 1. The van der Waals surface area contributed by atoms with Crippen LogP contribution in [0, 0.1) is 0 Å². The smallest absolute Gasteiger partial charge is 0.257 e. The lowest BCUT2D eigenvalue weighted by Crippen LogP contribution is -2.47. The van der Waals surface area contributed by atoms with Gasteiger partial charge in [0.15, 0.2) is 5.79 Å². The van der Waals surface area contributed by atoms with E-state index in [0.29, 0.717) is 38.1 Å². The van der Waals surface area contributed by atoms with Crippen molar-refractivity contribution in [1.82, 2.24) is 4.90 Å². The van der Waals surface area contributed by atoms with Gasteiger partial charge >= 0.3 is 0 Å². The number of benzene rings is 1. The Kier molecular flexibility index (Phi) is 4.01. The Balaban J connectivity index is 1.49. The molecule has 1 aromatic rings. The van der Waals surface area contributed by atoms with Gasteiger partial charge < -0.3 is 19.5 Å². The summed E-state index contributed by atoms with van der Waals surface area (Å²) in [5, 5.41) is 10.3. The number of aromatic hydroxyl groups is 1. The van der Waals surface area contributed by atoms with Gasteiger partial charge in [0.2, 0.25) is 0 Å². The van der Waals surface area contributed by atoms with Crippen LogP contribution in [0.4, 0.5) is 0 Å². The normalized spacial score (nSPS) is 25.7. The van der Waals surface area contributed by atoms with Gasteiger partial charge in [0, 0.05) is 25.9 Å². The molecule has 5 heteroatoms. The summed E-state index contributed by atoms with van der Waals surface area (Å²) < 4.78 is 11.7. The van der Waals surface area contributed by atoms with Crippen molar-refractivity contribution >= 4 is 5.91 Å². The fourth-order valence-corrected chi connectivity index (χ4v) is 4.13. The van der Waals surface area contributed by atoms with Gasteiger partial charge in [0.25, 0.3) is 5.91 Å². The summed E-state index contributed by atoms with van der Waals surface area (Å²) in [5.74, 6) is -0.474. The van der Waals surface area contributed by atoms with E-state index in [9.17, 15) is 9.90 Å². The summed E-state index contributed by atoms with van der Waals surface area (Å²) in [6.45, 7) is 3.83. The first kappa shape index (κ1) is 15.9. The fraction of sp³-hybridized carbons (Fsp3) is 0.632. The third kappa shape index (κ3) is 2.80. The number of fused-ring (bicyclic) bond motifs is 1. The Labute approximate surface area is 142 Å². The zero-order valence-electron chi connectivity index (χ0n) is 14.2. The van der Waals surface area contributed by atoms with Crippen LogP contribution in [0.15, 0.2) is 12.1 Å². The van der Waals surface area contributed by atoms with Gasteiger partial charge in [-0.3, -0.25) is 4.79 Å². The predicted octanol–water partition coefficient (Wildman–Crippen LogP) is 2.64. The second kappa shape index (κ2) is 6.05. The first-order chi connectivity index (χ1) is 11.6. The summed E-state index contributed by atoms with van der Waals surface area (Å²) in [6, 6.07) is 3.69. The molecular weight excluding hydrogens is 306 g/mol. The summed E-state index contributed by atoms with van der Waals surface area (Å²) in [4.78, 5) is 14.7. The number of aryl methyl sites for hydroxylation is 2. The van der Waals surface area contributed by atoms with Crippen LogP contribution in [0.3, 0.4) is 0 Å². The van der Waals surface area contributed by atoms with Gasteiger partial charge in [-0.1, -0.05) is 0 Å². The Hall–Kier alpha value is -1.59. The average Bonchev–Trinajstić information content (AvgIpc) is 2.95. The molecule has 5 nitrogen and oxygen atoms in total. The molecule has 1 atom stereocenters. The van der Waals surface area contributed by atoms with Crippen molar-refractivity contribution in [3.05, 3.63) is 28.8 Å². The molecule has 130 valence electrons. The van der Waals surface area contributed by atoms with Crippen LogP contribution in [0.2, 0.25) is 0 Å². The lowest BCUT2D eigenvalue weighted by Gasteiger charge is -2.38. The van der Waals surface area contributed by atoms with Gasteiger partial charge in [0.05, 0.1) is 18.3 Å². The van der Waals surface area contributed by atoms with Crippen LogP contribution >= 0.6 is 0 Å². The minimum atomic E-state index is -0.506. The molecule has 2 heterocycles. The first-order valence-corrected chi connectivity index (χ1v) is 9.02. The van der Waals surface area contributed by atoms with Crippen LogP contribution in [0.1, 0.15) is 54.1 Å². The van der Waals surface area contributed by atoms with Crippen LogP contribution in [-0.2, 0) is 22.3 Å². The molecule has 2 saturated heterocycles. The van der Waals surface area contributed by atoms with Crippen molar-refractivity contribution < 1.29 is 19.4 Å². The quantitative estimate of drug-likeness (QED) is 0.859. The van der Waals surface area contributed by atoms with E-state index in [1.165, 1.54) is 11.1 Å². The number of hydrogen-bond donors (Lipinski definition) is 1. The van der Waals surface area contributed by atoms with Crippen LogP contribution in [0.25, 0.3) is 0 Å². The molecule has 4 rings (SSSR count).